The molecule has 9 heteroatoms. The van der Waals surface area contributed by atoms with E-state index in [1.54, 1.807) is 22.8 Å². The number of nitrogens with zero attached hydrogens (tertiary/aromatic N) is 6. The van der Waals surface area contributed by atoms with Gasteiger partial charge < -0.3 is 9.64 Å². The van der Waals surface area contributed by atoms with Crippen molar-refractivity contribution < 1.29 is 9.13 Å². The summed E-state index contributed by atoms with van der Waals surface area (Å²) < 4.78 is 22.0. The van der Waals surface area contributed by atoms with E-state index in [0.717, 1.165) is 22.7 Å². The monoisotopic (exact) mass is 393 g/mol. The molecular weight excluding hydrogens is 373 g/mol. The van der Waals surface area contributed by atoms with Crippen LogP contribution in [0.15, 0.2) is 36.7 Å². The number of fused-ring (bicyclic) bond motifs is 1. The molecule has 1 aliphatic rings. The highest BCUT2D eigenvalue weighted by atomic mass is 19.1. The number of anilines is 1. The minimum absolute atomic E-state index is 0.153. The third-order valence-corrected chi connectivity index (χ3v) is 5.21. The van der Waals surface area contributed by atoms with Crippen molar-refractivity contribution in [2.24, 2.45) is 0 Å². The van der Waals surface area contributed by atoms with Gasteiger partial charge >= 0.3 is 0 Å². The molecule has 1 N–H and O–H groups in total. The summed E-state index contributed by atoms with van der Waals surface area (Å²) in [6.45, 7) is 5.93. The van der Waals surface area contributed by atoms with Gasteiger partial charge in [-0.1, -0.05) is 0 Å². The van der Waals surface area contributed by atoms with E-state index in [2.05, 4.69) is 27.0 Å². The SMILES string of the molecule is Cc1nc(-c2ccn[nH]2)n2nc(N3CCOCC3C)cc(-c3cccnc3F)c12. The van der Waals surface area contributed by atoms with Gasteiger partial charge in [0.1, 0.15) is 5.69 Å². The molecular formula is C20H20FN7O. The minimum atomic E-state index is -0.523. The number of nitrogens with one attached hydrogen (secondary N) is 1. The molecule has 148 valence electrons. The molecule has 0 radical (unpaired) electrons. The van der Waals surface area contributed by atoms with Crippen molar-refractivity contribution in [1.29, 1.82) is 0 Å². The molecule has 4 aromatic rings. The number of imidazole rings is 1. The number of aromatic nitrogens is 6. The van der Waals surface area contributed by atoms with Crippen LogP contribution >= 0.6 is 0 Å². The first-order valence-corrected chi connectivity index (χ1v) is 9.49. The fourth-order valence-corrected chi connectivity index (χ4v) is 3.81. The van der Waals surface area contributed by atoms with Crippen LogP contribution in [-0.4, -0.2) is 55.6 Å². The Labute approximate surface area is 166 Å². The van der Waals surface area contributed by atoms with Crippen molar-refractivity contribution in [3.63, 3.8) is 0 Å². The second-order valence-electron chi connectivity index (χ2n) is 7.13. The topological polar surface area (TPSA) is 84.2 Å². The molecule has 5 rings (SSSR count). The van der Waals surface area contributed by atoms with Crippen LogP contribution < -0.4 is 4.90 Å². The third-order valence-electron chi connectivity index (χ3n) is 5.21. The Morgan fingerprint density at radius 1 is 1.24 bits per heavy atom. The average molecular weight is 393 g/mol. The van der Waals surface area contributed by atoms with Gasteiger partial charge in [-0.15, -0.1) is 5.10 Å². The molecule has 0 bridgehead atoms. The van der Waals surface area contributed by atoms with Crippen LogP contribution in [0, 0.1) is 12.9 Å². The summed E-state index contributed by atoms with van der Waals surface area (Å²) in [5.41, 5.74) is 3.36. The largest absolute Gasteiger partial charge is 0.377 e. The summed E-state index contributed by atoms with van der Waals surface area (Å²) in [7, 11) is 0. The average Bonchev–Trinajstić information content (AvgIpc) is 3.36. The number of halogens is 1. The van der Waals surface area contributed by atoms with Crippen molar-refractivity contribution in [2.75, 3.05) is 24.7 Å². The maximum Gasteiger partial charge on any atom is 0.220 e. The molecule has 1 atom stereocenters. The Morgan fingerprint density at radius 3 is 2.90 bits per heavy atom. The number of rotatable bonds is 3. The maximum absolute atomic E-state index is 14.7. The molecule has 4 aromatic heterocycles. The Morgan fingerprint density at radius 2 is 2.14 bits per heavy atom. The van der Waals surface area contributed by atoms with Gasteiger partial charge in [0, 0.05) is 30.1 Å². The van der Waals surface area contributed by atoms with Crippen molar-refractivity contribution >= 4 is 11.3 Å². The Bertz CT molecular complexity index is 1170. The van der Waals surface area contributed by atoms with E-state index in [-0.39, 0.29) is 6.04 Å². The second-order valence-corrected chi connectivity index (χ2v) is 7.13. The lowest BCUT2D eigenvalue weighted by Crippen LogP contribution is -2.44. The summed E-state index contributed by atoms with van der Waals surface area (Å²) in [5.74, 6) is 0.846. The summed E-state index contributed by atoms with van der Waals surface area (Å²) >= 11 is 0. The van der Waals surface area contributed by atoms with Crippen molar-refractivity contribution in [2.45, 2.75) is 19.9 Å². The normalized spacial score (nSPS) is 17.2. The quantitative estimate of drug-likeness (QED) is 0.539. The van der Waals surface area contributed by atoms with E-state index >= 15 is 0 Å². The highest BCUT2D eigenvalue weighted by Gasteiger charge is 2.25. The third kappa shape index (κ3) is 2.94. The standard InChI is InChI=1S/C20H20FN7O/c1-12-11-29-9-8-27(12)17-10-15(14-4-3-6-22-19(14)21)18-13(2)24-20(28(18)26-17)16-5-7-23-25-16/h3-7,10,12H,8-9,11H2,1-2H3,(H,23,25). The fraction of sp³-hybridized carbons (Fsp3) is 0.300. The fourth-order valence-electron chi connectivity index (χ4n) is 3.81. The Kier molecular flexibility index (Phi) is 4.24. The number of ether oxygens (including phenoxy) is 1. The van der Waals surface area contributed by atoms with Crippen LogP contribution in [0.25, 0.3) is 28.2 Å². The maximum atomic E-state index is 14.7. The number of aromatic amines is 1. The number of hydrogen-bond acceptors (Lipinski definition) is 6. The van der Waals surface area contributed by atoms with E-state index in [1.165, 1.54) is 6.20 Å². The summed E-state index contributed by atoms with van der Waals surface area (Å²) in [6, 6.07) is 7.37. The first-order valence-electron chi connectivity index (χ1n) is 9.49. The number of pyridine rings is 1. The molecule has 1 aliphatic heterocycles. The summed E-state index contributed by atoms with van der Waals surface area (Å²) in [5, 5.41) is 11.9. The zero-order valence-corrected chi connectivity index (χ0v) is 16.1. The van der Waals surface area contributed by atoms with Crippen molar-refractivity contribution in [3.8, 4) is 22.6 Å². The first-order chi connectivity index (χ1) is 14.1. The van der Waals surface area contributed by atoms with Gasteiger partial charge in [-0.2, -0.15) is 9.49 Å². The summed E-state index contributed by atoms with van der Waals surface area (Å²) in [4.78, 5) is 10.7. The van der Waals surface area contributed by atoms with Gasteiger partial charge in [0.2, 0.25) is 5.95 Å². The minimum Gasteiger partial charge on any atom is -0.377 e. The highest BCUT2D eigenvalue weighted by Crippen LogP contribution is 2.34. The van der Waals surface area contributed by atoms with E-state index in [9.17, 15) is 4.39 Å². The molecule has 29 heavy (non-hydrogen) atoms. The molecule has 0 saturated carbocycles. The van der Waals surface area contributed by atoms with Gasteiger partial charge in [-0.05, 0) is 38.1 Å². The van der Waals surface area contributed by atoms with Gasteiger partial charge in [0.25, 0.3) is 0 Å². The van der Waals surface area contributed by atoms with E-state index in [0.29, 0.717) is 36.7 Å². The van der Waals surface area contributed by atoms with Crippen LogP contribution in [0.2, 0.25) is 0 Å². The Balaban J connectivity index is 1.81. The highest BCUT2D eigenvalue weighted by molar-refractivity contribution is 5.85. The molecule has 1 unspecified atom stereocenters. The molecule has 1 fully saturated rings. The molecule has 0 amide bonds. The van der Waals surface area contributed by atoms with Crippen LogP contribution in [-0.2, 0) is 4.74 Å². The van der Waals surface area contributed by atoms with E-state index in [4.69, 9.17) is 14.8 Å². The zero-order chi connectivity index (χ0) is 20.0. The molecule has 5 heterocycles. The second kappa shape index (κ2) is 6.93. The predicted octanol–water partition coefficient (Wildman–Crippen LogP) is 2.85. The lowest BCUT2D eigenvalue weighted by atomic mass is 10.1. The van der Waals surface area contributed by atoms with Crippen molar-refractivity contribution in [1.82, 2.24) is 29.8 Å². The number of aryl methyl sites for hydroxylation is 1. The number of H-pyrrole nitrogens is 1. The molecule has 8 nitrogen and oxygen atoms in total. The smallest absolute Gasteiger partial charge is 0.220 e. The molecule has 0 aliphatic carbocycles. The summed E-state index contributed by atoms with van der Waals surface area (Å²) in [6.07, 6.45) is 3.11. The molecule has 0 aromatic carbocycles. The van der Waals surface area contributed by atoms with Gasteiger partial charge in [-0.25, -0.2) is 14.5 Å². The first kappa shape index (κ1) is 17.7. The van der Waals surface area contributed by atoms with Gasteiger partial charge in [0.15, 0.2) is 11.6 Å². The van der Waals surface area contributed by atoms with Crippen LogP contribution in [0.5, 0.6) is 0 Å². The van der Waals surface area contributed by atoms with E-state index in [1.807, 2.05) is 19.1 Å². The van der Waals surface area contributed by atoms with Crippen LogP contribution in [0.1, 0.15) is 12.6 Å². The lowest BCUT2D eigenvalue weighted by molar-refractivity contribution is 0.0984. The lowest BCUT2D eigenvalue weighted by Gasteiger charge is -2.34. The van der Waals surface area contributed by atoms with Gasteiger partial charge in [-0.3, -0.25) is 5.10 Å². The van der Waals surface area contributed by atoms with E-state index < -0.39 is 5.95 Å². The van der Waals surface area contributed by atoms with Crippen LogP contribution in [0.4, 0.5) is 10.2 Å². The van der Waals surface area contributed by atoms with Crippen LogP contribution in [0.3, 0.4) is 0 Å². The van der Waals surface area contributed by atoms with Crippen molar-refractivity contribution in [3.05, 3.63) is 48.3 Å². The number of morpholine rings is 1. The predicted molar refractivity (Wildman–Crippen MR) is 106 cm³/mol. The Hall–Kier alpha value is -3.33. The molecule has 1 saturated heterocycles. The number of hydrogen-bond donors (Lipinski definition) is 1. The molecule has 0 spiro atoms. The zero-order valence-electron chi connectivity index (χ0n) is 16.1. The van der Waals surface area contributed by atoms with Gasteiger partial charge in [0.05, 0.1) is 30.5 Å².